The topological polar surface area (TPSA) is 61.4 Å². The van der Waals surface area contributed by atoms with Crippen LogP contribution < -0.4 is 10.6 Å². The molecule has 2 rings (SSSR count). The van der Waals surface area contributed by atoms with Crippen molar-refractivity contribution in [3.05, 3.63) is 53.1 Å². The zero-order valence-electron chi connectivity index (χ0n) is 10.3. The maximum absolute atomic E-state index is 11.7. The number of nitrogens with one attached hydrogen (secondary N) is 2. The second-order valence-electron chi connectivity index (χ2n) is 4.09. The van der Waals surface area contributed by atoms with Crippen LogP contribution in [0.15, 0.2) is 42.5 Å². The second-order valence-corrected chi connectivity index (χ2v) is 4.52. The molecule has 0 spiro atoms. The first-order chi connectivity index (χ1) is 9.04. The molecule has 0 saturated carbocycles. The standard InChI is InChI=1S/C14H13ClN2O2/c1-9-2-5-12(8-13(9)18)17-14(19)16-11-6-3-10(15)4-7-11/h2-8,18H,1H3,(H2,16,17,19). The van der Waals surface area contributed by atoms with Gasteiger partial charge in [0.15, 0.2) is 0 Å². The number of urea groups is 1. The normalized spacial score (nSPS) is 10.0. The lowest BCUT2D eigenvalue weighted by atomic mass is 10.2. The van der Waals surface area contributed by atoms with E-state index >= 15 is 0 Å². The first kappa shape index (κ1) is 13.2. The minimum absolute atomic E-state index is 0.143. The zero-order chi connectivity index (χ0) is 13.8. The molecule has 2 aromatic carbocycles. The summed E-state index contributed by atoms with van der Waals surface area (Å²) < 4.78 is 0. The number of halogens is 1. The summed E-state index contributed by atoms with van der Waals surface area (Å²) in [6, 6.07) is 11.3. The van der Waals surface area contributed by atoms with Crippen molar-refractivity contribution in [3.63, 3.8) is 0 Å². The van der Waals surface area contributed by atoms with Gasteiger partial charge in [-0.25, -0.2) is 4.79 Å². The van der Waals surface area contributed by atoms with Crippen LogP contribution >= 0.6 is 11.6 Å². The average molecular weight is 277 g/mol. The molecule has 0 aliphatic carbocycles. The summed E-state index contributed by atoms with van der Waals surface area (Å²) in [5.74, 6) is 0.143. The number of aromatic hydroxyl groups is 1. The van der Waals surface area contributed by atoms with E-state index in [2.05, 4.69) is 10.6 Å². The average Bonchev–Trinajstić information content (AvgIpc) is 2.37. The number of amides is 2. The molecular weight excluding hydrogens is 264 g/mol. The maximum atomic E-state index is 11.7. The number of hydrogen-bond acceptors (Lipinski definition) is 2. The van der Waals surface area contributed by atoms with E-state index in [0.717, 1.165) is 5.56 Å². The summed E-state index contributed by atoms with van der Waals surface area (Å²) >= 11 is 5.75. The number of hydrogen-bond donors (Lipinski definition) is 3. The van der Waals surface area contributed by atoms with Gasteiger partial charge in [-0.3, -0.25) is 0 Å². The molecule has 0 radical (unpaired) electrons. The predicted molar refractivity (Wildman–Crippen MR) is 76.9 cm³/mol. The fourth-order valence-electron chi connectivity index (χ4n) is 1.51. The van der Waals surface area contributed by atoms with E-state index in [4.69, 9.17) is 11.6 Å². The number of carbonyl (C=O) groups is 1. The fourth-order valence-corrected chi connectivity index (χ4v) is 1.64. The highest BCUT2D eigenvalue weighted by molar-refractivity contribution is 6.30. The van der Waals surface area contributed by atoms with Crippen LogP contribution in [0, 0.1) is 6.92 Å². The van der Waals surface area contributed by atoms with E-state index in [1.807, 2.05) is 0 Å². The molecule has 0 heterocycles. The molecule has 0 aliphatic heterocycles. The van der Waals surface area contributed by atoms with Crippen molar-refractivity contribution in [2.75, 3.05) is 10.6 Å². The molecule has 98 valence electrons. The van der Waals surface area contributed by atoms with E-state index in [-0.39, 0.29) is 11.8 Å². The van der Waals surface area contributed by atoms with Gasteiger partial charge in [0, 0.05) is 22.5 Å². The Labute approximate surface area is 116 Å². The zero-order valence-corrected chi connectivity index (χ0v) is 11.0. The van der Waals surface area contributed by atoms with Crippen molar-refractivity contribution in [3.8, 4) is 5.75 Å². The van der Waals surface area contributed by atoms with Gasteiger partial charge in [-0.05, 0) is 42.8 Å². The number of benzene rings is 2. The molecule has 0 aromatic heterocycles. The van der Waals surface area contributed by atoms with Gasteiger partial charge in [0.05, 0.1) is 0 Å². The van der Waals surface area contributed by atoms with Crippen LogP contribution in [-0.4, -0.2) is 11.1 Å². The molecule has 0 atom stereocenters. The lowest BCUT2D eigenvalue weighted by Crippen LogP contribution is -2.19. The highest BCUT2D eigenvalue weighted by Gasteiger charge is 2.04. The monoisotopic (exact) mass is 276 g/mol. The highest BCUT2D eigenvalue weighted by atomic mass is 35.5. The van der Waals surface area contributed by atoms with E-state index in [9.17, 15) is 9.90 Å². The summed E-state index contributed by atoms with van der Waals surface area (Å²) in [4.78, 5) is 11.7. The van der Waals surface area contributed by atoms with E-state index in [0.29, 0.717) is 16.4 Å². The fraction of sp³-hybridized carbons (Fsp3) is 0.0714. The Morgan fingerprint density at radius 2 is 1.63 bits per heavy atom. The van der Waals surface area contributed by atoms with Gasteiger partial charge >= 0.3 is 6.03 Å². The summed E-state index contributed by atoms with van der Waals surface area (Å²) in [7, 11) is 0. The van der Waals surface area contributed by atoms with Gasteiger partial charge in [0.2, 0.25) is 0 Å². The Bertz CT molecular complexity index is 597. The van der Waals surface area contributed by atoms with Crippen LogP contribution in [0.2, 0.25) is 5.02 Å². The van der Waals surface area contributed by atoms with E-state index < -0.39 is 0 Å². The molecule has 2 amide bonds. The van der Waals surface area contributed by atoms with Crippen LogP contribution in [0.1, 0.15) is 5.56 Å². The number of rotatable bonds is 2. The number of aryl methyl sites for hydroxylation is 1. The van der Waals surface area contributed by atoms with Crippen LogP contribution in [-0.2, 0) is 0 Å². The van der Waals surface area contributed by atoms with Gasteiger partial charge in [0.25, 0.3) is 0 Å². The van der Waals surface area contributed by atoms with Gasteiger partial charge in [-0.2, -0.15) is 0 Å². The Morgan fingerprint density at radius 1 is 1.05 bits per heavy atom. The highest BCUT2D eigenvalue weighted by Crippen LogP contribution is 2.21. The largest absolute Gasteiger partial charge is 0.508 e. The quantitative estimate of drug-likeness (QED) is 0.776. The van der Waals surface area contributed by atoms with Crippen LogP contribution in [0.4, 0.5) is 16.2 Å². The van der Waals surface area contributed by atoms with E-state index in [1.54, 1.807) is 43.3 Å². The molecule has 0 aliphatic rings. The molecule has 5 heteroatoms. The molecular formula is C14H13ClN2O2. The third-order valence-electron chi connectivity index (χ3n) is 2.57. The van der Waals surface area contributed by atoms with Crippen molar-refractivity contribution in [2.45, 2.75) is 6.92 Å². The van der Waals surface area contributed by atoms with Crippen molar-refractivity contribution in [1.82, 2.24) is 0 Å². The predicted octanol–water partition coefficient (Wildman–Crippen LogP) is 4.00. The van der Waals surface area contributed by atoms with Crippen molar-refractivity contribution in [1.29, 1.82) is 0 Å². The minimum Gasteiger partial charge on any atom is -0.508 e. The van der Waals surface area contributed by atoms with Crippen molar-refractivity contribution in [2.24, 2.45) is 0 Å². The maximum Gasteiger partial charge on any atom is 0.323 e. The molecule has 2 aromatic rings. The molecule has 19 heavy (non-hydrogen) atoms. The Hall–Kier alpha value is -2.20. The first-order valence-electron chi connectivity index (χ1n) is 5.68. The third-order valence-corrected chi connectivity index (χ3v) is 2.82. The number of phenols is 1. The minimum atomic E-state index is -0.384. The van der Waals surface area contributed by atoms with Crippen LogP contribution in [0.5, 0.6) is 5.75 Å². The van der Waals surface area contributed by atoms with Crippen molar-refractivity contribution >= 4 is 29.0 Å². The lowest BCUT2D eigenvalue weighted by Gasteiger charge is -2.08. The first-order valence-corrected chi connectivity index (χ1v) is 6.05. The summed E-state index contributed by atoms with van der Waals surface area (Å²) in [5, 5.41) is 15.4. The number of carbonyl (C=O) groups excluding carboxylic acids is 1. The number of anilines is 2. The van der Waals surface area contributed by atoms with E-state index in [1.165, 1.54) is 6.07 Å². The third kappa shape index (κ3) is 3.63. The van der Waals surface area contributed by atoms with Crippen molar-refractivity contribution < 1.29 is 9.90 Å². The summed E-state index contributed by atoms with van der Waals surface area (Å²) in [6.45, 7) is 1.78. The van der Waals surface area contributed by atoms with Crippen LogP contribution in [0.3, 0.4) is 0 Å². The Morgan fingerprint density at radius 3 is 2.26 bits per heavy atom. The van der Waals surface area contributed by atoms with Gasteiger partial charge in [-0.15, -0.1) is 0 Å². The molecule has 0 fully saturated rings. The number of phenolic OH excluding ortho intramolecular Hbond substituents is 1. The molecule has 3 N–H and O–H groups in total. The van der Waals surface area contributed by atoms with Crippen LogP contribution in [0.25, 0.3) is 0 Å². The molecule has 0 saturated heterocycles. The lowest BCUT2D eigenvalue weighted by molar-refractivity contribution is 0.262. The van der Waals surface area contributed by atoms with Gasteiger partial charge < -0.3 is 15.7 Å². The molecule has 0 unspecified atom stereocenters. The van der Waals surface area contributed by atoms with Gasteiger partial charge in [0.1, 0.15) is 5.75 Å². The summed E-state index contributed by atoms with van der Waals surface area (Å²) in [6.07, 6.45) is 0. The van der Waals surface area contributed by atoms with Gasteiger partial charge in [-0.1, -0.05) is 17.7 Å². The molecule has 4 nitrogen and oxygen atoms in total. The second kappa shape index (κ2) is 5.63. The Balaban J connectivity index is 2.01. The smallest absolute Gasteiger partial charge is 0.323 e. The SMILES string of the molecule is Cc1ccc(NC(=O)Nc2ccc(Cl)cc2)cc1O. The molecule has 0 bridgehead atoms. The Kier molecular flexibility index (Phi) is 3.92. The summed E-state index contributed by atoms with van der Waals surface area (Å²) in [5.41, 5.74) is 1.91.